The number of fused-ring (bicyclic) bond motifs is 1. The van der Waals surface area contributed by atoms with Crippen molar-refractivity contribution in [1.82, 2.24) is 19.6 Å². The van der Waals surface area contributed by atoms with Crippen LogP contribution in [0.25, 0.3) is 5.65 Å². The van der Waals surface area contributed by atoms with Gasteiger partial charge in [0.05, 0.1) is 18.5 Å². The first kappa shape index (κ1) is 23.8. The van der Waals surface area contributed by atoms with Crippen molar-refractivity contribution in [2.45, 2.75) is 69.2 Å². The highest BCUT2D eigenvalue weighted by molar-refractivity contribution is 7.90. The molecule has 0 spiro atoms. The van der Waals surface area contributed by atoms with Gasteiger partial charge in [0, 0.05) is 19.5 Å². The highest BCUT2D eigenvalue weighted by Gasteiger charge is 2.48. The van der Waals surface area contributed by atoms with Gasteiger partial charge in [0.1, 0.15) is 18.3 Å². The predicted molar refractivity (Wildman–Crippen MR) is 111 cm³/mol. The molecule has 0 saturated carbocycles. The van der Waals surface area contributed by atoms with Crippen molar-refractivity contribution in [3.8, 4) is 0 Å². The molecule has 31 heavy (non-hydrogen) atoms. The van der Waals surface area contributed by atoms with Crippen molar-refractivity contribution in [2.24, 2.45) is 0 Å². The summed E-state index contributed by atoms with van der Waals surface area (Å²) in [7, 11) is -3.73. The Morgan fingerprint density at radius 3 is 2.65 bits per heavy atom. The fourth-order valence-electron chi connectivity index (χ4n) is 3.34. The molecule has 1 aliphatic rings. The number of unbranched alkanes of at least 4 members (excludes halogenated alkanes) is 2. The van der Waals surface area contributed by atoms with E-state index in [4.69, 9.17) is 19.9 Å². The minimum Gasteiger partial charge on any atom is -0.380 e. The van der Waals surface area contributed by atoms with E-state index >= 15 is 4.39 Å². The number of nitrogens with two attached hydrogens (primary N) is 1. The largest absolute Gasteiger partial charge is 0.380 e. The summed E-state index contributed by atoms with van der Waals surface area (Å²) in [6.45, 7) is 5.23. The molecule has 1 fully saturated rings. The predicted octanol–water partition coefficient (Wildman–Crippen LogP) is 1.89. The van der Waals surface area contributed by atoms with Crippen LogP contribution in [0, 0.1) is 0 Å². The second kappa shape index (κ2) is 10.2. The summed E-state index contributed by atoms with van der Waals surface area (Å²) in [5.74, 6) is -0.120. The van der Waals surface area contributed by atoms with Crippen LogP contribution >= 0.6 is 0 Å². The summed E-state index contributed by atoms with van der Waals surface area (Å²) < 4.78 is 57.9. The zero-order chi connectivity index (χ0) is 22.6. The number of nitrogen functional groups attached to an aromatic ring is 1. The molecule has 0 bridgehead atoms. The first-order valence-electron chi connectivity index (χ1n) is 10.5. The van der Waals surface area contributed by atoms with E-state index in [1.807, 2.05) is 6.92 Å². The normalized spacial score (nSPS) is 24.3. The lowest BCUT2D eigenvalue weighted by Gasteiger charge is -2.20. The molecule has 3 heterocycles. The van der Waals surface area contributed by atoms with E-state index in [2.05, 4.69) is 22.0 Å². The molecule has 0 radical (unpaired) electrons. The number of aromatic nitrogens is 4. The summed E-state index contributed by atoms with van der Waals surface area (Å²) in [6.07, 6.45) is 1.92. The maximum absolute atomic E-state index is 15.5. The van der Waals surface area contributed by atoms with Crippen LogP contribution in [-0.4, -0.2) is 72.5 Å². The number of sulfone groups is 1. The van der Waals surface area contributed by atoms with Gasteiger partial charge in [0.2, 0.25) is 9.84 Å². The number of ether oxygens (including phenoxy) is 3. The van der Waals surface area contributed by atoms with Gasteiger partial charge in [-0.05, 0) is 12.8 Å². The molecule has 3 rings (SSSR count). The van der Waals surface area contributed by atoms with Crippen molar-refractivity contribution in [3.05, 3.63) is 11.9 Å². The Balaban J connectivity index is 1.90. The number of hydrogen-bond donors (Lipinski definition) is 1. The molecule has 12 heteroatoms. The Hall–Kier alpha value is -1.89. The van der Waals surface area contributed by atoms with E-state index in [0.29, 0.717) is 13.2 Å². The van der Waals surface area contributed by atoms with Gasteiger partial charge in [0.15, 0.2) is 17.6 Å². The number of rotatable bonds is 11. The molecular formula is C19H30FN5O5S. The number of hydrogen-bond acceptors (Lipinski definition) is 9. The lowest BCUT2D eigenvalue weighted by atomic mass is 10.1. The van der Waals surface area contributed by atoms with Crippen molar-refractivity contribution < 1.29 is 27.0 Å². The van der Waals surface area contributed by atoms with E-state index in [-0.39, 0.29) is 23.8 Å². The van der Waals surface area contributed by atoms with Crippen molar-refractivity contribution in [2.75, 3.05) is 31.8 Å². The number of alkyl halides is 1. The molecule has 2 N–H and O–H groups in total. The van der Waals surface area contributed by atoms with Gasteiger partial charge < -0.3 is 19.9 Å². The van der Waals surface area contributed by atoms with E-state index in [0.717, 1.165) is 31.9 Å². The highest BCUT2D eigenvalue weighted by Crippen LogP contribution is 2.38. The Kier molecular flexibility index (Phi) is 7.78. The second-order valence-corrected chi connectivity index (χ2v) is 9.54. The Labute approximate surface area is 181 Å². The molecule has 0 aliphatic carbocycles. The van der Waals surface area contributed by atoms with Crippen LogP contribution in [0.1, 0.15) is 51.3 Å². The summed E-state index contributed by atoms with van der Waals surface area (Å²) in [4.78, 5) is 7.92. The van der Waals surface area contributed by atoms with Crippen LogP contribution < -0.4 is 5.73 Å². The topological polar surface area (TPSA) is 131 Å². The molecular weight excluding hydrogens is 429 g/mol. The fourth-order valence-corrected chi connectivity index (χ4v) is 3.84. The molecule has 10 nitrogen and oxygen atoms in total. The average molecular weight is 460 g/mol. The molecule has 1 saturated heterocycles. The third-order valence-corrected chi connectivity index (χ3v) is 5.88. The molecule has 0 amide bonds. The average Bonchev–Trinajstić information content (AvgIpc) is 3.27. The van der Waals surface area contributed by atoms with Crippen molar-refractivity contribution in [1.29, 1.82) is 0 Å². The van der Waals surface area contributed by atoms with Crippen molar-refractivity contribution in [3.63, 3.8) is 0 Å². The molecule has 4 atom stereocenters. The van der Waals surface area contributed by atoms with Gasteiger partial charge in [-0.1, -0.05) is 26.7 Å². The summed E-state index contributed by atoms with van der Waals surface area (Å²) in [5, 5.41) is 3.54. The SMILES string of the molecule is CCCCOC[C@H]1O[C@@H](c2cnc3c(N)nc(S(C)(=O)=O)nn23)[C@H](F)C1OCCCC. The molecule has 1 unspecified atom stereocenters. The second-order valence-electron chi connectivity index (χ2n) is 7.63. The number of nitrogens with zero attached hydrogens (tertiary/aromatic N) is 4. The maximum atomic E-state index is 15.5. The molecule has 2 aromatic rings. The standard InChI is InChI=1S/C19H30FN5O5S/c1-4-6-8-28-11-13-16(29-9-7-5-2)14(20)15(30-13)12-10-22-18-17(21)23-19(24-25(12)18)31(3,26)27/h10,13-16H,4-9,11H2,1-3H3,(H2,21,23,24)/t13-,14+,15+,16?/m1/s1. The van der Waals surface area contributed by atoms with Gasteiger partial charge >= 0.3 is 0 Å². The van der Waals surface area contributed by atoms with Gasteiger partial charge in [-0.3, -0.25) is 0 Å². The van der Waals surface area contributed by atoms with Crippen LogP contribution in [0.5, 0.6) is 0 Å². The lowest BCUT2D eigenvalue weighted by molar-refractivity contribution is -0.0673. The summed E-state index contributed by atoms with van der Waals surface area (Å²) in [5.41, 5.74) is 6.22. The van der Waals surface area contributed by atoms with E-state index < -0.39 is 39.5 Å². The first-order chi connectivity index (χ1) is 14.8. The Morgan fingerprint density at radius 1 is 1.26 bits per heavy atom. The lowest BCUT2D eigenvalue weighted by Crippen LogP contribution is -2.34. The molecule has 0 aromatic carbocycles. The van der Waals surface area contributed by atoms with Crippen molar-refractivity contribution >= 4 is 21.3 Å². The van der Waals surface area contributed by atoms with Crippen LogP contribution in [0.3, 0.4) is 0 Å². The van der Waals surface area contributed by atoms with Gasteiger partial charge in [-0.2, -0.15) is 4.98 Å². The Morgan fingerprint density at radius 2 is 1.97 bits per heavy atom. The van der Waals surface area contributed by atoms with Gasteiger partial charge in [0.25, 0.3) is 5.16 Å². The molecule has 1 aliphatic heterocycles. The Bertz CT molecular complexity index is 985. The maximum Gasteiger partial charge on any atom is 0.267 e. The number of halogens is 1. The third kappa shape index (κ3) is 5.30. The highest BCUT2D eigenvalue weighted by atomic mass is 32.2. The number of imidazole rings is 1. The number of anilines is 1. The summed E-state index contributed by atoms with van der Waals surface area (Å²) >= 11 is 0. The van der Waals surface area contributed by atoms with Crippen LogP contribution in [0.4, 0.5) is 10.2 Å². The minimum atomic E-state index is -3.73. The van der Waals surface area contributed by atoms with Crippen LogP contribution in [0.2, 0.25) is 0 Å². The monoisotopic (exact) mass is 459 g/mol. The molecule has 174 valence electrons. The van der Waals surface area contributed by atoms with E-state index in [1.165, 1.54) is 10.7 Å². The third-order valence-electron chi connectivity index (χ3n) is 5.04. The summed E-state index contributed by atoms with van der Waals surface area (Å²) in [6, 6.07) is 0. The van der Waals surface area contributed by atoms with Gasteiger partial charge in [-0.15, -0.1) is 5.10 Å². The quantitative estimate of drug-likeness (QED) is 0.500. The smallest absolute Gasteiger partial charge is 0.267 e. The zero-order valence-corrected chi connectivity index (χ0v) is 18.8. The fraction of sp³-hybridized carbons (Fsp3) is 0.737. The van der Waals surface area contributed by atoms with Gasteiger partial charge in [-0.25, -0.2) is 22.3 Å². The molecule has 2 aromatic heterocycles. The zero-order valence-electron chi connectivity index (χ0n) is 18.0. The van der Waals surface area contributed by atoms with E-state index in [9.17, 15) is 8.42 Å². The minimum absolute atomic E-state index is 0.120. The first-order valence-corrected chi connectivity index (χ1v) is 12.4. The van der Waals surface area contributed by atoms with E-state index in [1.54, 1.807) is 0 Å². The van der Waals surface area contributed by atoms with Crippen LogP contribution in [-0.2, 0) is 24.0 Å². The van der Waals surface area contributed by atoms with Crippen LogP contribution in [0.15, 0.2) is 11.4 Å².